The molecule has 0 bridgehead atoms. The van der Waals surface area contributed by atoms with Crippen molar-refractivity contribution in [3.05, 3.63) is 60.7 Å². The molecule has 6 nitrogen and oxygen atoms in total. The number of nitrogens with one attached hydrogen (secondary N) is 2. The third kappa shape index (κ3) is 8.35. The molecule has 0 aliphatic carbocycles. The van der Waals surface area contributed by atoms with E-state index in [-0.39, 0.29) is 11.8 Å². The van der Waals surface area contributed by atoms with Gasteiger partial charge in [0.2, 0.25) is 11.8 Å². The first kappa shape index (κ1) is 22.3. The predicted octanol–water partition coefficient (Wildman–Crippen LogP) is 3.08. The zero-order valence-electron chi connectivity index (χ0n) is 15.5. The van der Waals surface area contributed by atoms with E-state index in [1.807, 2.05) is 60.7 Å². The van der Waals surface area contributed by atoms with Crippen LogP contribution < -0.4 is 22.1 Å². The molecule has 0 fully saturated rings. The molecule has 8 heteroatoms. The van der Waals surface area contributed by atoms with Crippen LogP contribution in [0.25, 0.3) is 0 Å². The second-order valence-electron chi connectivity index (χ2n) is 6.14. The van der Waals surface area contributed by atoms with Crippen LogP contribution in [0.3, 0.4) is 0 Å². The van der Waals surface area contributed by atoms with E-state index >= 15 is 0 Å². The lowest BCUT2D eigenvalue weighted by Gasteiger charge is -2.13. The molecule has 0 heterocycles. The highest BCUT2D eigenvalue weighted by atomic mass is 33.1. The summed E-state index contributed by atoms with van der Waals surface area (Å²) in [6, 6.07) is 17.4. The molecular weight excluding hydrogens is 392 g/mol. The van der Waals surface area contributed by atoms with E-state index in [9.17, 15) is 9.59 Å². The highest BCUT2D eigenvalue weighted by Crippen LogP contribution is 2.23. The van der Waals surface area contributed by atoms with Gasteiger partial charge < -0.3 is 22.1 Å². The van der Waals surface area contributed by atoms with Gasteiger partial charge in [-0.05, 0) is 37.1 Å². The maximum Gasteiger partial charge on any atom is 0.241 e. The summed E-state index contributed by atoms with van der Waals surface area (Å²) < 4.78 is 0. The number of hydrogen-bond acceptors (Lipinski definition) is 6. The Morgan fingerprint density at radius 1 is 0.714 bits per heavy atom. The molecule has 0 saturated heterocycles. The molecule has 2 amide bonds. The number of rotatable bonds is 11. The zero-order chi connectivity index (χ0) is 20.2. The van der Waals surface area contributed by atoms with Crippen molar-refractivity contribution in [2.45, 2.75) is 24.9 Å². The number of carbonyl (C=O) groups excluding carboxylic acids is 2. The van der Waals surface area contributed by atoms with Crippen LogP contribution in [-0.2, 0) is 9.59 Å². The molecule has 0 saturated carbocycles. The van der Waals surface area contributed by atoms with Crippen LogP contribution in [0.15, 0.2) is 60.7 Å². The Hall–Kier alpha value is -2.00. The summed E-state index contributed by atoms with van der Waals surface area (Å²) >= 11 is 0. The highest BCUT2D eigenvalue weighted by Gasteiger charge is 2.15. The van der Waals surface area contributed by atoms with E-state index in [0.717, 1.165) is 22.9 Å². The van der Waals surface area contributed by atoms with Crippen LogP contribution in [0.4, 0.5) is 11.4 Å². The Morgan fingerprint density at radius 2 is 1.07 bits per heavy atom. The average molecular weight is 419 g/mol. The largest absolute Gasteiger partial charge is 0.325 e. The van der Waals surface area contributed by atoms with Crippen LogP contribution in [-0.4, -0.2) is 35.4 Å². The maximum atomic E-state index is 12.0. The van der Waals surface area contributed by atoms with Crippen molar-refractivity contribution in [1.82, 2.24) is 0 Å². The lowest BCUT2D eigenvalue weighted by atomic mass is 10.2. The van der Waals surface area contributed by atoms with E-state index in [0.29, 0.717) is 12.8 Å². The SMILES string of the molecule is NC(CCSSCC[C@H](N)C(=O)Nc1ccccc1)C(=O)Nc1ccccc1. The highest BCUT2D eigenvalue weighted by molar-refractivity contribution is 8.76. The second kappa shape index (κ2) is 12.5. The first-order chi connectivity index (χ1) is 13.6. The minimum absolute atomic E-state index is 0.184. The summed E-state index contributed by atoms with van der Waals surface area (Å²) in [4.78, 5) is 24.1. The van der Waals surface area contributed by atoms with Crippen LogP contribution in [0.2, 0.25) is 0 Å². The standard InChI is InChI=1S/C20H26N4O2S2/c21-17(19(25)23-15-7-3-1-4-8-15)11-13-27-28-14-12-18(22)20(26)24-16-9-5-2-6-10-16/h1-10,17-18H,11-14,21-22H2,(H,23,25)(H,24,26)/t17-,18?/m0/s1. The summed E-state index contributed by atoms with van der Waals surface area (Å²) in [5.74, 6) is 1.13. The van der Waals surface area contributed by atoms with Gasteiger partial charge in [-0.2, -0.15) is 0 Å². The van der Waals surface area contributed by atoms with Crippen molar-refractivity contribution < 1.29 is 9.59 Å². The van der Waals surface area contributed by atoms with E-state index in [4.69, 9.17) is 11.5 Å². The number of hydrogen-bond donors (Lipinski definition) is 4. The molecule has 1 unspecified atom stereocenters. The number of carbonyl (C=O) groups is 2. The van der Waals surface area contributed by atoms with Crippen molar-refractivity contribution >= 4 is 44.8 Å². The number of para-hydroxylation sites is 2. The first-order valence-electron chi connectivity index (χ1n) is 9.03. The van der Waals surface area contributed by atoms with E-state index in [1.54, 1.807) is 21.6 Å². The molecular formula is C20H26N4O2S2. The minimum Gasteiger partial charge on any atom is -0.325 e. The van der Waals surface area contributed by atoms with E-state index in [2.05, 4.69) is 10.6 Å². The average Bonchev–Trinajstić information content (AvgIpc) is 2.71. The number of nitrogens with two attached hydrogens (primary N) is 2. The van der Waals surface area contributed by atoms with Crippen molar-refractivity contribution in [2.24, 2.45) is 11.5 Å². The number of anilines is 2. The van der Waals surface area contributed by atoms with Crippen molar-refractivity contribution in [3.8, 4) is 0 Å². The summed E-state index contributed by atoms with van der Waals surface area (Å²) in [5, 5.41) is 5.60. The molecule has 6 N–H and O–H groups in total. The zero-order valence-corrected chi connectivity index (χ0v) is 17.2. The van der Waals surface area contributed by atoms with Gasteiger partial charge in [-0.1, -0.05) is 58.0 Å². The third-order valence-corrected chi connectivity index (χ3v) is 6.34. The van der Waals surface area contributed by atoms with Gasteiger partial charge in [0, 0.05) is 22.9 Å². The monoisotopic (exact) mass is 418 g/mol. The van der Waals surface area contributed by atoms with Gasteiger partial charge in [-0.3, -0.25) is 9.59 Å². The van der Waals surface area contributed by atoms with Crippen LogP contribution in [0, 0.1) is 0 Å². The fourth-order valence-electron chi connectivity index (χ4n) is 2.24. The minimum atomic E-state index is -0.549. The first-order valence-corrected chi connectivity index (χ1v) is 11.5. The summed E-state index contributed by atoms with van der Waals surface area (Å²) in [6.07, 6.45) is 1.16. The quantitative estimate of drug-likeness (QED) is 0.330. The summed E-state index contributed by atoms with van der Waals surface area (Å²) in [5.41, 5.74) is 13.4. The van der Waals surface area contributed by atoms with Crippen molar-refractivity contribution in [3.63, 3.8) is 0 Å². The van der Waals surface area contributed by atoms with Gasteiger partial charge in [0.25, 0.3) is 0 Å². The van der Waals surface area contributed by atoms with Gasteiger partial charge in [-0.25, -0.2) is 0 Å². The Morgan fingerprint density at radius 3 is 1.43 bits per heavy atom. The Balaban J connectivity index is 1.54. The predicted molar refractivity (Wildman–Crippen MR) is 120 cm³/mol. The van der Waals surface area contributed by atoms with E-state index in [1.165, 1.54) is 0 Å². The molecule has 0 radical (unpaired) electrons. The molecule has 0 aliphatic heterocycles. The molecule has 150 valence electrons. The van der Waals surface area contributed by atoms with E-state index < -0.39 is 12.1 Å². The topological polar surface area (TPSA) is 110 Å². The number of amides is 2. The Kier molecular flexibility index (Phi) is 9.92. The second-order valence-corrected chi connectivity index (χ2v) is 8.85. The third-order valence-electron chi connectivity index (χ3n) is 3.86. The smallest absolute Gasteiger partial charge is 0.241 e. The maximum absolute atomic E-state index is 12.0. The molecule has 2 aromatic carbocycles. The van der Waals surface area contributed by atoms with Crippen molar-refractivity contribution in [2.75, 3.05) is 22.1 Å². The van der Waals surface area contributed by atoms with Crippen LogP contribution >= 0.6 is 21.6 Å². The molecule has 0 aliphatic rings. The van der Waals surface area contributed by atoms with Gasteiger partial charge in [0.05, 0.1) is 12.1 Å². The van der Waals surface area contributed by atoms with Crippen LogP contribution in [0.5, 0.6) is 0 Å². The summed E-state index contributed by atoms with van der Waals surface area (Å²) in [7, 11) is 3.26. The van der Waals surface area contributed by atoms with Gasteiger partial charge in [0.15, 0.2) is 0 Å². The molecule has 2 atom stereocenters. The van der Waals surface area contributed by atoms with Crippen molar-refractivity contribution in [1.29, 1.82) is 0 Å². The molecule has 2 aromatic rings. The molecule has 2 rings (SSSR count). The Bertz CT molecular complexity index is 668. The fourth-order valence-corrected chi connectivity index (χ4v) is 4.46. The molecule has 0 aromatic heterocycles. The van der Waals surface area contributed by atoms with Gasteiger partial charge in [0.1, 0.15) is 0 Å². The molecule has 28 heavy (non-hydrogen) atoms. The fraction of sp³-hybridized carbons (Fsp3) is 0.300. The lowest BCUT2D eigenvalue weighted by molar-refractivity contribution is -0.118. The van der Waals surface area contributed by atoms with Crippen LogP contribution in [0.1, 0.15) is 12.8 Å². The number of benzene rings is 2. The molecule has 0 spiro atoms. The summed E-state index contributed by atoms with van der Waals surface area (Å²) in [6.45, 7) is 0. The van der Waals surface area contributed by atoms with Gasteiger partial charge >= 0.3 is 0 Å². The Labute approximate surface area is 173 Å². The lowest BCUT2D eigenvalue weighted by Crippen LogP contribution is -2.36. The van der Waals surface area contributed by atoms with Gasteiger partial charge in [-0.15, -0.1) is 0 Å². The normalized spacial score (nSPS) is 12.8.